The van der Waals surface area contributed by atoms with Crippen molar-refractivity contribution in [2.75, 3.05) is 33.4 Å². The summed E-state index contributed by atoms with van der Waals surface area (Å²) in [5.41, 5.74) is 1.19. The van der Waals surface area contributed by atoms with Crippen LogP contribution in [0.1, 0.15) is 52.0 Å². The van der Waals surface area contributed by atoms with E-state index < -0.39 is 0 Å². The topological polar surface area (TPSA) is 65.9 Å². The summed E-state index contributed by atoms with van der Waals surface area (Å²) < 4.78 is 5.47. The second-order valence-corrected chi connectivity index (χ2v) is 7.25. The predicted molar refractivity (Wildman–Crippen MR) is 125 cm³/mol. The highest BCUT2D eigenvalue weighted by Gasteiger charge is 2.13. The van der Waals surface area contributed by atoms with Crippen LogP contribution >= 0.6 is 24.0 Å². The molecule has 2 atom stereocenters. The lowest BCUT2D eigenvalue weighted by Gasteiger charge is -2.20. The Balaban J connectivity index is 0.00000676. The Morgan fingerprint density at radius 1 is 1.19 bits per heavy atom. The molecule has 2 unspecified atom stereocenters. The number of nitrogens with zero attached hydrogens (tertiary/aromatic N) is 1. The van der Waals surface area contributed by atoms with E-state index >= 15 is 0 Å². The summed E-state index contributed by atoms with van der Waals surface area (Å²) >= 11 is 0. The van der Waals surface area contributed by atoms with Gasteiger partial charge in [-0.05, 0) is 43.2 Å². The molecule has 5 nitrogen and oxygen atoms in total. The van der Waals surface area contributed by atoms with Crippen molar-refractivity contribution in [1.82, 2.24) is 10.6 Å². The molecule has 0 spiro atoms. The summed E-state index contributed by atoms with van der Waals surface area (Å²) in [4.78, 5) is 4.75. The number of aliphatic hydroxyl groups excluding tert-OH is 1. The van der Waals surface area contributed by atoms with Gasteiger partial charge in [0.2, 0.25) is 0 Å². The molecule has 27 heavy (non-hydrogen) atoms. The fraction of sp³-hybridized carbons (Fsp3) is 0.667. The molecule has 6 heteroatoms. The van der Waals surface area contributed by atoms with Crippen LogP contribution in [0.3, 0.4) is 0 Å². The Hall–Kier alpha value is -1.02. The van der Waals surface area contributed by atoms with Crippen molar-refractivity contribution >= 4 is 29.9 Å². The molecule has 0 aliphatic rings. The highest BCUT2D eigenvalue weighted by Crippen LogP contribution is 2.25. The molecule has 1 rings (SSSR count). The molecule has 156 valence electrons. The van der Waals surface area contributed by atoms with Crippen molar-refractivity contribution < 1.29 is 9.84 Å². The van der Waals surface area contributed by atoms with Crippen molar-refractivity contribution in [2.24, 2.45) is 16.8 Å². The Bertz CT molecular complexity index is 538. The average molecular weight is 491 g/mol. The predicted octanol–water partition coefficient (Wildman–Crippen LogP) is 4.02. The van der Waals surface area contributed by atoms with Crippen LogP contribution in [-0.4, -0.2) is 44.4 Å². The van der Waals surface area contributed by atoms with E-state index in [-0.39, 0.29) is 30.6 Å². The van der Waals surface area contributed by atoms with Crippen LogP contribution in [0, 0.1) is 11.8 Å². The van der Waals surface area contributed by atoms with Crippen molar-refractivity contribution in [2.45, 2.75) is 46.5 Å². The number of aliphatic imine (C=N–C) groups is 1. The lowest BCUT2D eigenvalue weighted by molar-refractivity contribution is 0.245. The smallest absolute Gasteiger partial charge is 0.191 e. The Morgan fingerprint density at radius 3 is 2.48 bits per heavy atom. The van der Waals surface area contributed by atoms with Gasteiger partial charge in [-0.3, -0.25) is 4.99 Å². The van der Waals surface area contributed by atoms with Crippen LogP contribution in [0.15, 0.2) is 29.3 Å². The number of hydrogen-bond donors (Lipinski definition) is 3. The third-order valence-electron chi connectivity index (χ3n) is 4.44. The molecule has 0 bridgehead atoms. The molecular formula is C21H38IN3O2. The zero-order chi connectivity index (χ0) is 19.4. The number of benzene rings is 1. The summed E-state index contributed by atoms with van der Waals surface area (Å²) in [5.74, 6) is 3.09. The first-order valence-electron chi connectivity index (χ1n) is 9.77. The van der Waals surface area contributed by atoms with E-state index in [0.29, 0.717) is 17.8 Å². The molecule has 0 saturated heterocycles. The molecule has 0 aliphatic heterocycles. The second-order valence-electron chi connectivity index (χ2n) is 7.25. The number of nitrogens with one attached hydrogen (secondary N) is 2. The Morgan fingerprint density at radius 2 is 1.89 bits per heavy atom. The number of ether oxygens (including phenoxy) is 1. The molecule has 0 saturated carbocycles. The maximum atomic E-state index is 9.28. The maximum absolute atomic E-state index is 9.28. The number of rotatable bonds is 11. The fourth-order valence-electron chi connectivity index (χ4n) is 3.13. The zero-order valence-corrected chi connectivity index (χ0v) is 19.8. The Kier molecular flexibility index (Phi) is 14.4. The summed E-state index contributed by atoms with van der Waals surface area (Å²) in [7, 11) is 1.71. The molecule has 0 aromatic heterocycles. The van der Waals surface area contributed by atoms with Crippen molar-refractivity contribution in [3.8, 4) is 5.75 Å². The van der Waals surface area contributed by atoms with Gasteiger partial charge in [-0.15, -0.1) is 24.0 Å². The highest BCUT2D eigenvalue weighted by molar-refractivity contribution is 14.0. The van der Waals surface area contributed by atoms with Gasteiger partial charge in [-0.2, -0.15) is 0 Å². The SMILES string of the molecule is CCNC(=NCC(CCO)CC(C)C)NCC(C)c1ccccc1OC.I. The number of halogens is 1. The van der Waals surface area contributed by atoms with Crippen LogP contribution < -0.4 is 15.4 Å². The van der Waals surface area contributed by atoms with E-state index in [9.17, 15) is 5.11 Å². The van der Waals surface area contributed by atoms with E-state index in [0.717, 1.165) is 44.2 Å². The molecule has 0 radical (unpaired) electrons. The summed E-state index contributed by atoms with van der Waals surface area (Å²) in [5, 5.41) is 16.0. The molecule has 3 N–H and O–H groups in total. The monoisotopic (exact) mass is 491 g/mol. The number of hydrogen-bond acceptors (Lipinski definition) is 3. The highest BCUT2D eigenvalue weighted by atomic mass is 127. The van der Waals surface area contributed by atoms with E-state index in [1.54, 1.807) is 7.11 Å². The van der Waals surface area contributed by atoms with Gasteiger partial charge in [0.05, 0.1) is 7.11 Å². The Labute approximate surface area is 182 Å². The first-order chi connectivity index (χ1) is 12.5. The van der Waals surface area contributed by atoms with Crippen molar-refractivity contribution in [1.29, 1.82) is 0 Å². The van der Waals surface area contributed by atoms with Crippen LogP contribution in [0.4, 0.5) is 0 Å². The van der Waals surface area contributed by atoms with Crippen molar-refractivity contribution in [3.63, 3.8) is 0 Å². The number of guanidine groups is 1. The van der Waals surface area contributed by atoms with Gasteiger partial charge in [-0.25, -0.2) is 0 Å². The van der Waals surface area contributed by atoms with Gasteiger partial charge in [-0.1, -0.05) is 39.0 Å². The van der Waals surface area contributed by atoms with Gasteiger partial charge in [0.25, 0.3) is 0 Å². The zero-order valence-electron chi connectivity index (χ0n) is 17.5. The van der Waals surface area contributed by atoms with Gasteiger partial charge < -0.3 is 20.5 Å². The average Bonchev–Trinajstić information content (AvgIpc) is 2.63. The van der Waals surface area contributed by atoms with Gasteiger partial charge >= 0.3 is 0 Å². The van der Waals surface area contributed by atoms with E-state index in [4.69, 9.17) is 9.73 Å². The molecule has 0 fully saturated rings. The number of aliphatic hydroxyl groups is 1. The first-order valence-corrected chi connectivity index (χ1v) is 9.77. The molecule has 1 aromatic rings. The minimum atomic E-state index is 0. The van der Waals surface area contributed by atoms with E-state index in [2.05, 4.69) is 44.4 Å². The summed E-state index contributed by atoms with van der Waals surface area (Å²) in [6.45, 7) is 11.2. The quantitative estimate of drug-likeness (QED) is 0.249. The van der Waals surface area contributed by atoms with Crippen LogP contribution in [-0.2, 0) is 0 Å². The van der Waals surface area contributed by atoms with Crippen LogP contribution in [0.2, 0.25) is 0 Å². The third-order valence-corrected chi connectivity index (χ3v) is 4.44. The van der Waals surface area contributed by atoms with Crippen LogP contribution in [0.5, 0.6) is 5.75 Å². The number of methoxy groups -OCH3 is 1. The van der Waals surface area contributed by atoms with Crippen LogP contribution in [0.25, 0.3) is 0 Å². The van der Waals surface area contributed by atoms with Gasteiger partial charge in [0, 0.05) is 32.2 Å². The normalized spacial score (nSPS) is 13.7. The third kappa shape index (κ3) is 10.2. The molecular weight excluding hydrogens is 453 g/mol. The van der Waals surface area contributed by atoms with Crippen molar-refractivity contribution in [3.05, 3.63) is 29.8 Å². The fourth-order valence-corrected chi connectivity index (χ4v) is 3.13. The maximum Gasteiger partial charge on any atom is 0.191 e. The first kappa shape index (κ1) is 26.0. The second kappa shape index (κ2) is 15.0. The standard InChI is InChI=1S/C21H37N3O2.HI/c1-6-22-21(24-15-18(11-12-25)13-16(2)3)23-14-17(4)19-9-7-8-10-20(19)26-5;/h7-10,16-18,25H,6,11-15H2,1-5H3,(H2,22,23,24);1H. The summed E-state index contributed by atoms with van der Waals surface area (Å²) in [6, 6.07) is 8.13. The lowest BCUT2D eigenvalue weighted by Crippen LogP contribution is -2.39. The van der Waals surface area contributed by atoms with E-state index in [1.165, 1.54) is 5.56 Å². The summed E-state index contributed by atoms with van der Waals surface area (Å²) in [6.07, 6.45) is 1.89. The number of para-hydroxylation sites is 1. The molecule has 0 heterocycles. The van der Waals surface area contributed by atoms with Gasteiger partial charge in [0.15, 0.2) is 5.96 Å². The largest absolute Gasteiger partial charge is 0.496 e. The molecule has 1 aromatic carbocycles. The lowest BCUT2D eigenvalue weighted by atomic mass is 9.94. The molecule has 0 aliphatic carbocycles. The molecule has 0 amide bonds. The van der Waals surface area contributed by atoms with E-state index in [1.807, 2.05) is 18.2 Å². The van der Waals surface area contributed by atoms with Gasteiger partial charge in [0.1, 0.15) is 5.75 Å². The minimum Gasteiger partial charge on any atom is -0.496 e. The minimum absolute atomic E-state index is 0.